The summed E-state index contributed by atoms with van der Waals surface area (Å²) in [7, 11) is 0. The Hall–Kier alpha value is -3.87. The minimum Gasteiger partial charge on any atom is -0.489 e. The zero-order valence-corrected chi connectivity index (χ0v) is 21.4. The largest absolute Gasteiger partial charge is 0.489 e. The molecule has 0 saturated carbocycles. The molecule has 7 nitrogen and oxygen atoms in total. The van der Waals surface area contributed by atoms with Gasteiger partial charge in [-0.25, -0.2) is 0 Å². The zero-order valence-electron chi connectivity index (χ0n) is 21.4. The summed E-state index contributed by atoms with van der Waals surface area (Å²) < 4.78 is 18.1. The second-order valence-corrected chi connectivity index (χ2v) is 9.55. The molecule has 0 spiro atoms. The van der Waals surface area contributed by atoms with Crippen molar-refractivity contribution in [3.05, 3.63) is 76.6 Å². The fraction of sp³-hybridized carbons (Fsp3) is 0.345. The third kappa shape index (κ3) is 5.67. The Kier molecular flexibility index (Phi) is 7.29. The number of benzene rings is 2. The van der Waals surface area contributed by atoms with E-state index in [1.54, 1.807) is 12.4 Å². The standard InChI is InChI=1S/C29H32N2O5/c1-18-19(2)28-25(20(3)27(18)35-21(4)32)10-13-29(5,36-28)17-34-24-8-6-23(7-9-24)31-26(33)16-22-11-14-30-15-12-22/h6-9,11-12,14-15H,10,13,16-17H2,1-5H3,(H,31,33). The van der Waals surface area contributed by atoms with Crippen LogP contribution in [0.5, 0.6) is 17.2 Å². The van der Waals surface area contributed by atoms with Crippen LogP contribution >= 0.6 is 0 Å². The van der Waals surface area contributed by atoms with Crippen molar-refractivity contribution in [1.82, 2.24) is 4.98 Å². The van der Waals surface area contributed by atoms with E-state index >= 15 is 0 Å². The highest BCUT2D eigenvalue weighted by Crippen LogP contribution is 2.44. The van der Waals surface area contributed by atoms with Crippen molar-refractivity contribution in [2.75, 3.05) is 11.9 Å². The molecule has 1 amide bonds. The van der Waals surface area contributed by atoms with E-state index in [1.165, 1.54) is 6.92 Å². The Labute approximate surface area is 211 Å². The van der Waals surface area contributed by atoms with Crippen molar-refractivity contribution >= 4 is 17.6 Å². The quantitative estimate of drug-likeness (QED) is 0.360. The molecule has 1 unspecified atom stereocenters. The van der Waals surface area contributed by atoms with Crippen molar-refractivity contribution in [3.8, 4) is 17.2 Å². The van der Waals surface area contributed by atoms with Crippen LogP contribution in [0.2, 0.25) is 0 Å². The van der Waals surface area contributed by atoms with E-state index < -0.39 is 5.60 Å². The lowest BCUT2D eigenvalue weighted by atomic mass is 9.87. The van der Waals surface area contributed by atoms with Gasteiger partial charge in [0.2, 0.25) is 5.91 Å². The van der Waals surface area contributed by atoms with E-state index in [2.05, 4.69) is 10.3 Å². The number of esters is 1. The van der Waals surface area contributed by atoms with Gasteiger partial charge in [0.25, 0.3) is 0 Å². The van der Waals surface area contributed by atoms with Gasteiger partial charge in [-0.15, -0.1) is 0 Å². The molecule has 2 heterocycles. The van der Waals surface area contributed by atoms with Gasteiger partial charge in [-0.05, 0) is 99.2 Å². The van der Waals surface area contributed by atoms with Crippen molar-refractivity contribution in [2.45, 2.75) is 59.5 Å². The van der Waals surface area contributed by atoms with Crippen LogP contribution in [0, 0.1) is 20.8 Å². The second-order valence-electron chi connectivity index (χ2n) is 9.55. The number of hydrogen-bond acceptors (Lipinski definition) is 6. The topological polar surface area (TPSA) is 86.8 Å². The maximum absolute atomic E-state index is 12.3. The smallest absolute Gasteiger partial charge is 0.308 e. The average molecular weight is 489 g/mol. The Morgan fingerprint density at radius 1 is 1.03 bits per heavy atom. The molecule has 7 heteroatoms. The third-order valence-electron chi connectivity index (χ3n) is 6.61. The van der Waals surface area contributed by atoms with Crippen LogP contribution in [0.1, 0.15) is 48.1 Å². The van der Waals surface area contributed by atoms with Gasteiger partial charge in [0.05, 0.1) is 6.42 Å². The lowest BCUT2D eigenvalue weighted by Gasteiger charge is -2.37. The molecule has 4 rings (SSSR count). The summed E-state index contributed by atoms with van der Waals surface area (Å²) in [5.74, 6) is 1.78. The Morgan fingerprint density at radius 2 is 1.72 bits per heavy atom. The lowest BCUT2D eigenvalue weighted by Crippen LogP contribution is -2.42. The van der Waals surface area contributed by atoms with E-state index in [-0.39, 0.29) is 11.9 Å². The molecule has 0 saturated heterocycles. The summed E-state index contributed by atoms with van der Waals surface area (Å²) in [6, 6.07) is 11.0. The Balaban J connectivity index is 1.38. The van der Waals surface area contributed by atoms with Crippen molar-refractivity contribution in [2.24, 2.45) is 0 Å². The van der Waals surface area contributed by atoms with Crippen LogP contribution < -0.4 is 19.5 Å². The number of anilines is 1. The predicted molar refractivity (Wildman–Crippen MR) is 138 cm³/mol. The van der Waals surface area contributed by atoms with Crippen LogP contribution in [0.3, 0.4) is 0 Å². The summed E-state index contributed by atoms with van der Waals surface area (Å²) >= 11 is 0. The molecule has 1 aliphatic rings. The summed E-state index contributed by atoms with van der Waals surface area (Å²) in [6.45, 7) is 9.77. The zero-order chi connectivity index (χ0) is 25.9. The van der Waals surface area contributed by atoms with Crippen molar-refractivity contribution in [1.29, 1.82) is 0 Å². The average Bonchev–Trinajstić information content (AvgIpc) is 2.85. The minimum atomic E-state index is -0.503. The Morgan fingerprint density at radius 3 is 2.39 bits per heavy atom. The molecule has 1 atom stereocenters. The molecule has 0 radical (unpaired) electrons. The summed E-state index contributed by atoms with van der Waals surface area (Å²) in [6.07, 6.45) is 5.21. The van der Waals surface area contributed by atoms with Gasteiger partial charge >= 0.3 is 5.97 Å². The molecule has 2 aromatic carbocycles. The van der Waals surface area contributed by atoms with Crippen LogP contribution in [-0.2, 0) is 22.4 Å². The molecular formula is C29H32N2O5. The summed E-state index contributed by atoms with van der Waals surface area (Å²) in [4.78, 5) is 27.8. The highest BCUT2D eigenvalue weighted by molar-refractivity contribution is 5.92. The van der Waals surface area contributed by atoms with Gasteiger partial charge in [-0.1, -0.05) is 0 Å². The fourth-order valence-corrected chi connectivity index (χ4v) is 4.44. The molecule has 0 aliphatic carbocycles. The van der Waals surface area contributed by atoms with E-state index in [0.29, 0.717) is 30.2 Å². The van der Waals surface area contributed by atoms with Crippen LogP contribution in [0.25, 0.3) is 0 Å². The van der Waals surface area contributed by atoms with Gasteiger partial charge in [0, 0.05) is 30.6 Å². The van der Waals surface area contributed by atoms with Gasteiger partial charge < -0.3 is 19.5 Å². The number of fused-ring (bicyclic) bond motifs is 1. The van der Waals surface area contributed by atoms with Crippen LogP contribution in [0.15, 0.2) is 48.8 Å². The first-order chi connectivity index (χ1) is 17.1. The van der Waals surface area contributed by atoms with Gasteiger partial charge in [-0.2, -0.15) is 0 Å². The van der Waals surface area contributed by atoms with Gasteiger partial charge in [0.1, 0.15) is 29.5 Å². The van der Waals surface area contributed by atoms with E-state index in [1.807, 2.05) is 64.1 Å². The lowest BCUT2D eigenvalue weighted by molar-refractivity contribution is -0.132. The second kappa shape index (κ2) is 10.4. The number of aromatic nitrogens is 1. The van der Waals surface area contributed by atoms with Gasteiger partial charge in [0.15, 0.2) is 0 Å². The number of amides is 1. The molecule has 188 valence electrons. The monoisotopic (exact) mass is 488 g/mol. The highest BCUT2D eigenvalue weighted by Gasteiger charge is 2.35. The predicted octanol–water partition coefficient (Wildman–Crippen LogP) is 5.28. The third-order valence-corrected chi connectivity index (χ3v) is 6.61. The van der Waals surface area contributed by atoms with E-state index in [0.717, 1.165) is 46.4 Å². The van der Waals surface area contributed by atoms with Crippen molar-refractivity contribution < 1.29 is 23.8 Å². The molecule has 0 bridgehead atoms. The molecule has 0 fully saturated rings. The SMILES string of the molecule is CC(=O)Oc1c(C)c(C)c2c(c1C)CCC(C)(COc1ccc(NC(=O)Cc3ccncc3)cc1)O2. The number of carbonyl (C=O) groups excluding carboxylic acids is 2. The number of ether oxygens (including phenoxy) is 3. The van der Waals surface area contributed by atoms with E-state index in [9.17, 15) is 9.59 Å². The Bertz CT molecular complexity index is 1270. The summed E-state index contributed by atoms with van der Waals surface area (Å²) in [5.41, 5.74) is 5.04. The number of carbonyl (C=O) groups is 2. The molecule has 1 aromatic heterocycles. The highest BCUT2D eigenvalue weighted by atomic mass is 16.5. The number of rotatable bonds is 7. The van der Waals surface area contributed by atoms with Gasteiger partial charge in [-0.3, -0.25) is 14.6 Å². The fourth-order valence-electron chi connectivity index (χ4n) is 4.44. The first-order valence-electron chi connectivity index (χ1n) is 12.1. The van der Waals surface area contributed by atoms with E-state index in [4.69, 9.17) is 14.2 Å². The maximum atomic E-state index is 12.3. The van der Waals surface area contributed by atoms with Crippen LogP contribution in [0.4, 0.5) is 5.69 Å². The molecule has 36 heavy (non-hydrogen) atoms. The molecule has 1 N–H and O–H groups in total. The summed E-state index contributed by atoms with van der Waals surface area (Å²) in [5, 5.41) is 2.90. The number of nitrogens with one attached hydrogen (secondary N) is 1. The molecule has 1 aliphatic heterocycles. The molecule has 3 aromatic rings. The first kappa shape index (κ1) is 25.2. The maximum Gasteiger partial charge on any atom is 0.308 e. The van der Waals surface area contributed by atoms with Crippen LogP contribution in [-0.4, -0.2) is 29.1 Å². The first-order valence-corrected chi connectivity index (χ1v) is 12.1. The number of nitrogens with zero attached hydrogens (tertiary/aromatic N) is 1. The molecular weight excluding hydrogens is 456 g/mol. The number of pyridine rings is 1. The number of hydrogen-bond donors (Lipinski definition) is 1. The minimum absolute atomic E-state index is 0.0885. The normalized spacial score (nSPS) is 16.5. The van der Waals surface area contributed by atoms with Crippen molar-refractivity contribution in [3.63, 3.8) is 0 Å².